The van der Waals surface area contributed by atoms with Crippen LogP contribution in [0.15, 0.2) is 23.0 Å². The number of amides is 1. The Balaban J connectivity index is 1.85. The Kier molecular flexibility index (Phi) is 4.67. The Morgan fingerprint density at radius 3 is 2.79 bits per heavy atom. The first-order valence-corrected chi connectivity index (χ1v) is 9.25. The van der Waals surface area contributed by atoms with E-state index < -0.39 is 5.54 Å². The van der Waals surface area contributed by atoms with E-state index in [0.29, 0.717) is 5.56 Å². The summed E-state index contributed by atoms with van der Waals surface area (Å²) in [6.45, 7) is 4.22. The van der Waals surface area contributed by atoms with Gasteiger partial charge < -0.3 is 5.32 Å². The molecule has 2 aromatic rings. The maximum absolute atomic E-state index is 12.5. The third kappa shape index (κ3) is 3.06. The molecule has 1 fully saturated rings. The SMILES string of the molecule is CCC(CC)C(NC(=O)c1ccsc1)c1cn(C2(C#N)CC2)nn1. The molecule has 6 nitrogen and oxygen atoms in total. The number of nitrogens with one attached hydrogen (secondary N) is 1. The van der Waals surface area contributed by atoms with Gasteiger partial charge in [0, 0.05) is 5.38 Å². The molecule has 1 amide bonds. The van der Waals surface area contributed by atoms with Crippen LogP contribution in [-0.2, 0) is 5.54 Å². The molecule has 1 unspecified atom stereocenters. The summed E-state index contributed by atoms with van der Waals surface area (Å²) in [5.74, 6) is 0.180. The summed E-state index contributed by atoms with van der Waals surface area (Å²) >= 11 is 1.50. The second kappa shape index (κ2) is 6.73. The molecule has 0 aromatic carbocycles. The van der Waals surface area contributed by atoms with Crippen LogP contribution in [0.25, 0.3) is 0 Å². The summed E-state index contributed by atoms with van der Waals surface area (Å²) in [5.41, 5.74) is 0.869. The number of hydrogen-bond donors (Lipinski definition) is 1. The van der Waals surface area contributed by atoms with E-state index in [1.54, 1.807) is 4.68 Å². The van der Waals surface area contributed by atoms with Crippen molar-refractivity contribution in [1.82, 2.24) is 20.3 Å². The van der Waals surface area contributed by atoms with Crippen molar-refractivity contribution in [2.45, 2.75) is 51.1 Å². The lowest BCUT2D eigenvalue weighted by molar-refractivity contribution is 0.0918. The number of hydrogen-bond acceptors (Lipinski definition) is 5. The molecule has 0 saturated heterocycles. The predicted octanol–water partition coefficient (Wildman–Crippen LogP) is 3.26. The first-order chi connectivity index (χ1) is 11.6. The van der Waals surface area contributed by atoms with Gasteiger partial charge in [0.2, 0.25) is 0 Å². The predicted molar refractivity (Wildman–Crippen MR) is 91.4 cm³/mol. The normalized spacial score (nSPS) is 16.6. The fourth-order valence-corrected chi connectivity index (χ4v) is 3.59. The lowest BCUT2D eigenvalue weighted by Crippen LogP contribution is -2.33. The van der Waals surface area contributed by atoms with Crippen molar-refractivity contribution in [2.75, 3.05) is 0 Å². The first-order valence-electron chi connectivity index (χ1n) is 8.30. The van der Waals surface area contributed by atoms with Crippen molar-refractivity contribution >= 4 is 17.2 Å². The average Bonchev–Trinajstić information content (AvgIpc) is 3.03. The van der Waals surface area contributed by atoms with E-state index in [1.807, 2.05) is 23.0 Å². The van der Waals surface area contributed by atoms with Gasteiger partial charge in [0.05, 0.1) is 23.9 Å². The topological polar surface area (TPSA) is 83.6 Å². The van der Waals surface area contributed by atoms with E-state index in [9.17, 15) is 10.1 Å². The Morgan fingerprint density at radius 1 is 1.50 bits per heavy atom. The molecule has 1 aliphatic rings. The zero-order valence-electron chi connectivity index (χ0n) is 13.9. The summed E-state index contributed by atoms with van der Waals surface area (Å²) < 4.78 is 1.66. The van der Waals surface area contributed by atoms with E-state index in [2.05, 4.69) is 35.5 Å². The highest BCUT2D eigenvalue weighted by Gasteiger charge is 2.47. The molecule has 7 heteroatoms. The van der Waals surface area contributed by atoms with Gasteiger partial charge in [-0.2, -0.15) is 16.6 Å². The molecule has 126 valence electrons. The van der Waals surface area contributed by atoms with Gasteiger partial charge in [-0.05, 0) is 30.2 Å². The molecule has 1 aliphatic carbocycles. The first kappa shape index (κ1) is 16.7. The molecule has 24 heavy (non-hydrogen) atoms. The second-order valence-corrected chi connectivity index (χ2v) is 7.05. The third-order valence-electron chi connectivity index (χ3n) is 4.79. The highest BCUT2D eigenvalue weighted by molar-refractivity contribution is 7.08. The summed E-state index contributed by atoms with van der Waals surface area (Å²) in [4.78, 5) is 12.5. The quantitative estimate of drug-likeness (QED) is 0.836. The Labute approximate surface area is 145 Å². The molecule has 2 heterocycles. The third-order valence-corrected chi connectivity index (χ3v) is 5.47. The van der Waals surface area contributed by atoms with Crippen LogP contribution in [0.4, 0.5) is 0 Å². The van der Waals surface area contributed by atoms with Crippen LogP contribution in [0.3, 0.4) is 0 Å². The van der Waals surface area contributed by atoms with Crippen molar-refractivity contribution in [3.8, 4) is 6.07 Å². The summed E-state index contributed by atoms with van der Waals surface area (Å²) in [6, 6.07) is 3.93. The van der Waals surface area contributed by atoms with E-state index in [0.717, 1.165) is 31.4 Å². The number of thiophene rings is 1. The molecule has 1 atom stereocenters. The van der Waals surface area contributed by atoms with Crippen molar-refractivity contribution < 1.29 is 4.79 Å². The Hall–Kier alpha value is -2.20. The minimum atomic E-state index is -0.527. The largest absolute Gasteiger partial charge is 0.343 e. The van der Waals surface area contributed by atoms with E-state index in [4.69, 9.17) is 0 Å². The van der Waals surface area contributed by atoms with Crippen LogP contribution in [0.1, 0.15) is 61.6 Å². The molecular weight excluding hydrogens is 322 g/mol. The van der Waals surface area contributed by atoms with Crippen LogP contribution >= 0.6 is 11.3 Å². The monoisotopic (exact) mass is 343 g/mol. The van der Waals surface area contributed by atoms with Gasteiger partial charge in [0.15, 0.2) is 5.54 Å². The van der Waals surface area contributed by atoms with Crippen molar-refractivity contribution in [3.63, 3.8) is 0 Å². The molecule has 0 aliphatic heterocycles. The van der Waals surface area contributed by atoms with Gasteiger partial charge in [0.1, 0.15) is 5.69 Å². The van der Waals surface area contributed by atoms with Gasteiger partial charge in [0.25, 0.3) is 5.91 Å². The zero-order valence-corrected chi connectivity index (χ0v) is 14.7. The zero-order chi connectivity index (χ0) is 17.2. The number of aromatic nitrogens is 3. The lowest BCUT2D eigenvalue weighted by atomic mass is 9.92. The number of rotatable bonds is 7. The van der Waals surface area contributed by atoms with Gasteiger partial charge >= 0.3 is 0 Å². The molecule has 0 bridgehead atoms. The highest BCUT2D eigenvalue weighted by Crippen LogP contribution is 2.42. The maximum atomic E-state index is 12.5. The van der Waals surface area contributed by atoms with Crippen LogP contribution in [-0.4, -0.2) is 20.9 Å². The van der Waals surface area contributed by atoms with Crippen LogP contribution in [0.5, 0.6) is 0 Å². The van der Waals surface area contributed by atoms with Crippen LogP contribution in [0.2, 0.25) is 0 Å². The number of nitriles is 1. The smallest absolute Gasteiger partial charge is 0.252 e. The molecule has 3 rings (SSSR count). The lowest BCUT2D eigenvalue weighted by Gasteiger charge is -2.24. The summed E-state index contributed by atoms with van der Waals surface area (Å²) in [6.07, 6.45) is 5.31. The summed E-state index contributed by atoms with van der Waals surface area (Å²) in [7, 11) is 0. The number of carbonyl (C=O) groups is 1. The standard InChI is InChI=1S/C17H21N5OS/c1-3-12(4-2)15(19-16(23)13-5-8-24-10-13)14-9-22(21-20-14)17(11-18)6-7-17/h5,8-10,12,15H,3-4,6-7H2,1-2H3,(H,19,23). The van der Waals surface area contributed by atoms with Gasteiger partial charge in [-0.1, -0.05) is 31.9 Å². The van der Waals surface area contributed by atoms with Crippen LogP contribution in [0, 0.1) is 17.2 Å². The van der Waals surface area contributed by atoms with Crippen molar-refractivity contribution in [3.05, 3.63) is 34.3 Å². The molecule has 1 saturated carbocycles. The molecule has 0 spiro atoms. The molecule has 0 radical (unpaired) electrons. The Morgan fingerprint density at radius 2 is 2.25 bits per heavy atom. The number of nitrogens with zero attached hydrogens (tertiary/aromatic N) is 4. The minimum absolute atomic E-state index is 0.0934. The fraction of sp³-hybridized carbons (Fsp3) is 0.529. The minimum Gasteiger partial charge on any atom is -0.343 e. The van der Waals surface area contributed by atoms with Crippen molar-refractivity contribution in [2.24, 2.45) is 5.92 Å². The van der Waals surface area contributed by atoms with Crippen molar-refractivity contribution in [1.29, 1.82) is 5.26 Å². The van der Waals surface area contributed by atoms with Gasteiger partial charge in [-0.15, -0.1) is 5.10 Å². The Bertz CT molecular complexity index is 737. The maximum Gasteiger partial charge on any atom is 0.252 e. The van der Waals surface area contributed by atoms with Gasteiger partial charge in [-0.3, -0.25) is 4.79 Å². The molecular formula is C17H21N5OS. The van der Waals surface area contributed by atoms with Crippen LogP contribution < -0.4 is 5.32 Å². The highest BCUT2D eigenvalue weighted by atomic mass is 32.1. The average molecular weight is 343 g/mol. The fourth-order valence-electron chi connectivity index (χ4n) is 2.95. The van der Waals surface area contributed by atoms with E-state index >= 15 is 0 Å². The second-order valence-electron chi connectivity index (χ2n) is 6.27. The number of carbonyl (C=O) groups excluding carboxylic acids is 1. The molecule has 1 N–H and O–H groups in total. The van der Waals surface area contributed by atoms with E-state index in [1.165, 1.54) is 11.3 Å². The molecule has 2 aromatic heterocycles. The van der Waals surface area contributed by atoms with Gasteiger partial charge in [-0.25, -0.2) is 4.68 Å². The summed E-state index contributed by atoms with van der Waals surface area (Å²) in [5, 5.41) is 24.6. The van der Waals surface area contributed by atoms with E-state index in [-0.39, 0.29) is 17.9 Å².